The highest BCUT2D eigenvalue weighted by atomic mass is 19.3. The lowest BCUT2D eigenvalue weighted by molar-refractivity contribution is -0.149. The Morgan fingerprint density at radius 2 is 1.89 bits per heavy atom. The van der Waals surface area contributed by atoms with Gasteiger partial charge in [-0.15, -0.1) is 6.58 Å². The maximum Gasteiger partial charge on any atom is 0.411 e. The molecule has 1 saturated carbocycles. The van der Waals surface area contributed by atoms with Gasteiger partial charge in [0.05, 0.1) is 6.61 Å². The number of fused-ring (bicyclic) bond motifs is 1. The molecule has 3 atom stereocenters. The molecule has 0 aromatic heterocycles. The van der Waals surface area contributed by atoms with Gasteiger partial charge in [0.2, 0.25) is 5.78 Å². The Morgan fingerprint density at radius 1 is 1.25 bits per heavy atom. The van der Waals surface area contributed by atoms with Gasteiger partial charge < -0.3 is 9.47 Å². The van der Waals surface area contributed by atoms with Crippen LogP contribution in [-0.2, 0) is 19.1 Å². The third-order valence-corrected chi connectivity index (χ3v) is 5.24. The number of halogens is 2. The van der Waals surface area contributed by atoms with Gasteiger partial charge in [-0.05, 0) is 52.4 Å². The molecule has 2 rings (SSSR count). The van der Waals surface area contributed by atoms with Gasteiger partial charge in [-0.3, -0.25) is 9.69 Å². The monoisotopic (exact) mass is 401 g/mol. The Kier molecular flexibility index (Phi) is 6.21. The molecule has 0 aromatic rings. The summed E-state index contributed by atoms with van der Waals surface area (Å²) >= 11 is 0. The number of ketones is 1. The number of ether oxygens (including phenoxy) is 2. The van der Waals surface area contributed by atoms with Crippen LogP contribution < -0.4 is 0 Å². The quantitative estimate of drug-likeness (QED) is 0.456. The summed E-state index contributed by atoms with van der Waals surface area (Å²) in [6.45, 7) is 10.3. The Morgan fingerprint density at radius 3 is 2.43 bits per heavy atom. The maximum atomic E-state index is 13.7. The number of hydrogen-bond donors (Lipinski definition) is 0. The molecule has 8 heteroatoms. The van der Waals surface area contributed by atoms with Gasteiger partial charge in [-0.2, -0.15) is 8.78 Å². The minimum Gasteiger partial charge on any atom is -0.464 e. The highest BCUT2D eigenvalue weighted by Crippen LogP contribution is 2.62. The molecule has 1 aliphatic carbocycles. The van der Waals surface area contributed by atoms with Gasteiger partial charge in [-0.25, -0.2) is 9.59 Å². The van der Waals surface area contributed by atoms with Crippen molar-refractivity contribution in [1.29, 1.82) is 0 Å². The number of piperidine rings is 1. The lowest BCUT2D eigenvalue weighted by Gasteiger charge is -2.29. The average Bonchev–Trinajstić information content (AvgIpc) is 3.15. The second-order valence-corrected chi connectivity index (χ2v) is 8.56. The molecular formula is C20H29F2NO5. The summed E-state index contributed by atoms with van der Waals surface area (Å²) in [7, 11) is 0. The smallest absolute Gasteiger partial charge is 0.411 e. The zero-order valence-corrected chi connectivity index (χ0v) is 16.9. The number of allylic oxidation sites excluding steroid dienone is 1. The lowest BCUT2D eigenvalue weighted by Crippen LogP contribution is -2.46. The number of nitrogens with zero attached hydrogens (tertiary/aromatic N) is 1. The van der Waals surface area contributed by atoms with Crippen LogP contribution in [0.2, 0.25) is 0 Å². The second-order valence-electron chi connectivity index (χ2n) is 8.56. The van der Waals surface area contributed by atoms with Crippen LogP contribution >= 0.6 is 0 Å². The van der Waals surface area contributed by atoms with Crippen molar-refractivity contribution >= 4 is 17.8 Å². The maximum absolute atomic E-state index is 13.7. The van der Waals surface area contributed by atoms with E-state index < -0.39 is 47.2 Å². The SMILES string of the molecule is C=CCC(F)(F)C(=O)CC[C@@]12C[C@@H](C(=O)OCC)N(C(=O)OC(C)(C)C)[C@@H]1C2. The highest BCUT2D eigenvalue weighted by Gasteiger charge is 2.68. The minimum absolute atomic E-state index is 0.168. The van der Waals surface area contributed by atoms with Crippen molar-refractivity contribution in [3.05, 3.63) is 12.7 Å². The Balaban J connectivity index is 2.11. The molecule has 0 bridgehead atoms. The lowest BCUT2D eigenvalue weighted by atomic mass is 9.91. The van der Waals surface area contributed by atoms with Crippen molar-refractivity contribution in [1.82, 2.24) is 4.90 Å². The molecule has 2 fully saturated rings. The average molecular weight is 401 g/mol. The minimum atomic E-state index is -3.44. The van der Waals surface area contributed by atoms with Crippen molar-refractivity contribution in [3.8, 4) is 0 Å². The molecule has 1 heterocycles. The fraction of sp³-hybridized carbons (Fsp3) is 0.750. The van der Waals surface area contributed by atoms with Crippen LogP contribution in [0.1, 0.15) is 59.8 Å². The van der Waals surface area contributed by atoms with E-state index in [1.54, 1.807) is 27.7 Å². The third-order valence-electron chi connectivity index (χ3n) is 5.24. The molecule has 1 saturated heterocycles. The number of carbonyl (C=O) groups is 3. The van der Waals surface area contributed by atoms with Crippen molar-refractivity contribution in [2.75, 3.05) is 6.61 Å². The first-order valence-electron chi connectivity index (χ1n) is 9.57. The van der Waals surface area contributed by atoms with Crippen molar-refractivity contribution in [2.45, 2.75) is 83.4 Å². The number of rotatable bonds is 8. The summed E-state index contributed by atoms with van der Waals surface area (Å²) < 4.78 is 38.0. The summed E-state index contributed by atoms with van der Waals surface area (Å²) in [5, 5.41) is 0. The summed E-state index contributed by atoms with van der Waals surface area (Å²) in [6, 6.07) is -1.13. The normalized spacial score (nSPS) is 26.4. The van der Waals surface area contributed by atoms with E-state index in [1.165, 1.54) is 4.90 Å². The summed E-state index contributed by atoms with van der Waals surface area (Å²) in [5.74, 6) is -5.12. The molecule has 0 spiro atoms. The second kappa shape index (κ2) is 7.79. The molecule has 0 unspecified atom stereocenters. The fourth-order valence-corrected chi connectivity index (χ4v) is 3.86. The molecule has 2 aliphatic rings. The van der Waals surface area contributed by atoms with Crippen LogP contribution in [0.3, 0.4) is 0 Å². The van der Waals surface area contributed by atoms with Gasteiger partial charge in [-0.1, -0.05) is 6.08 Å². The van der Waals surface area contributed by atoms with Crippen LogP contribution in [0.15, 0.2) is 12.7 Å². The van der Waals surface area contributed by atoms with Crippen LogP contribution in [0.4, 0.5) is 13.6 Å². The van der Waals surface area contributed by atoms with E-state index in [2.05, 4.69) is 6.58 Å². The molecule has 0 N–H and O–H groups in total. The number of likely N-dealkylation sites (tertiary alicyclic amines) is 1. The van der Waals surface area contributed by atoms with E-state index in [0.717, 1.165) is 6.08 Å². The van der Waals surface area contributed by atoms with Crippen molar-refractivity contribution in [2.24, 2.45) is 5.41 Å². The van der Waals surface area contributed by atoms with Gasteiger partial charge in [0, 0.05) is 18.9 Å². The Bertz CT molecular complexity index is 657. The van der Waals surface area contributed by atoms with Gasteiger partial charge in [0.1, 0.15) is 11.6 Å². The first-order valence-corrected chi connectivity index (χ1v) is 9.57. The first-order chi connectivity index (χ1) is 12.9. The van der Waals surface area contributed by atoms with Gasteiger partial charge >= 0.3 is 18.0 Å². The fourth-order valence-electron chi connectivity index (χ4n) is 3.86. The molecule has 28 heavy (non-hydrogen) atoms. The number of hydrogen-bond acceptors (Lipinski definition) is 5. The zero-order chi connectivity index (χ0) is 21.3. The van der Waals surface area contributed by atoms with Gasteiger partial charge in [0.25, 0.3) is 0 Å². The standard InChI is InChI=1S/C20H29F2NO5/c1-6-9-20(21,22)15(24)8-10-19-11-13(16(25)27-7-2)23(14(19)12-19)17(26)28-18(3,4)5/h6,13-14H,1,7-12H2,2-5H3/t13-,14+,19-/m0/s1. The van der Waals surface area contributed by atoms with Crippen LogP contribution in [0.25, 0.3) is 0 Å². The van der Waals surface area contributed by atoms with Gasteiger partial charge in [0.15, 0.2) is 0 Å². The van der Waals surface area contributed by atoms with Crippen molar-refractivity contribution in [3.63, 3.8) is 0 Å². The Labute approximate surface area is 164 Å². The predicted molar refractivity (Wildman–Crippen MR) is 98.0 cm³/mol. The van der Waals surface area contributed by atoms with E-state index in [-0.39, 0.29) is 31.9 Å². The Hall–Kier alpha value is -1.99. The summed E-state index contributed by atoms with van der Waals surface area (Å²) in [6.07, 6.45) is 0.425. The molecule has 0 aromatic carbocycles. The molecule has 158 valence electrons. The van der Waals surface area contributed by atoms with E-state index >= 15 is 0 Å². The highest BCUT2D eigenvalue weighted by molar-refractivity contribution is 5.86. The number of amides is 1. The molecule has 1 amide bonds. The molecular weight excluding hydrogens is 372 g/mol. The van der Waals surface area contributed by atoms with Crippen LogP contribution in [0, 0.1) is 5.41 Å². The van der Waals surface area contributed by atoms with Crippen LogP contribution in [-0.4, -0.2) is 53.0 Å². The molecule has 0 radical (unpaired) electrons. The molecule has 6 nitrogen and oxygen atoms in total. The van der Waals surface area contributed by atoms with E-state index in [0.29, 0.717) is 6.42 Å². The zero-order valence-electron chi connectivity index (χ0n) is 16.9. The first kappa shape index (κ1) is 22.3. The number of esters is 1. The van der Waals surface area contributed by atoms with Crippen molar-refractivity contribution < 1.29 is 32.6 Å². The number of alkyl halides is 2. The summed E-state index contributed by atoms with van der Waals surface area (Å²) in [5.41, 5.74) is -1.26. The third kappa shape index (κ3) is 4.70. The van der Waals surface area contributed by atoms with E-state index in [9.17, 15) is 23.2 Å². The van der Waals surface area contributed by atoms with E-state index in [4.69, 9.17) is 9.47 Å². The largest absolute Gasteiger partial charge is 0.464 e. The summed E-state index contributed by atoms with van der Waals surface area (Å²) in [4.78, 5) is 38.3. The number of Topliss-reactive ketones (excluding diaryl/α,β-unsaturated/α-hetero) is 1. The van der Waals surface area contributed by atoms with Crippen LogP contribution in [0.5, 0.6) is 0 Å². The topological polar surface area (TPSA) is 72.9 Å². The number of carbonyl (C=O) groups excluding carboxylic acids is 3. The molecule has 1 aliphatic heterocycles. The predicted octanol–water partition coefficient (Wildman–Crippen LogP) is 3.88. The van der Waals surface area contributed by atoms with E-state index in [1.807, 2.05) is 0 Å².